The second-order valence-electron chi connectivity index (χ2n) is 6.07. The molecule has 136 valence electrons. The maximum absolute atomic E-state index is 5.89. The van der Waals surface area contributed by atoms with Gasteiger partial charge in [0.1, 0.15) is 12.4 Å². The van der Waals surface area contributed by atoms with Gasteiger partial charge in [-0.1, -0.05) is 66.2 Å². The van der Waals surface area contributed by atoms with E-state index in [1.807, 2.05) is 42.5 Å². The van der Waals surface area contributed by atoms with E-state index >= 15 is 0 Å². The summed E-state index contributed by atoms with van der Waals surface area (Å²) < 4.78 is 5.82. The van der Waals surface area contributed by atoms with Gasteiger partial charge in [-0.2, -0.15) is 0 Å². The number of halogens is 2. The smallest absolute Gasteiger partial charge is 0.119 e. The third-order valence-electron chi connectivity index (χ3n) is 4.15. The standard InChI is InChI=1S/C22H22ClNO.ClH/c1-17(20-5-3-2-4-6-20)24-15-18-9-13-22(14-10-18)25-16-19-7-11-21(23)12-8-19;/h2-14,17,24H,15-16H2,1H3;1H. The van der Waals surface area contributed by atoms with E-state index in [1.54, 1.807) is 0 Å². The molecule has 2 nitrogen and oxygen atoms in total. The third-order valence-corrected chi connectivity index (χ3v) is 4.41. The largest absolute Gasteiger partial charge is 0.489 e. The molecule has 0 radical (unpaired) electrons. The molecule has 3 rings (SSSR count). The van der Waals surface area contributed by atoms with Crippen molar-refractivity contribution in [2.45, 2.75) is 26.1 Å². The topological polar surface area (TPSA) is 21.3 Å². The summed E-state index contributed by atoms with van der Waals surface area (Å²) >= 11 is 5.89. The van der Waals surface area contributed by atoms with E-state index in [0.29, 0.717) is 12.6 Å². The Labute approximate surface area is 166 Å². The van der Waals surface area contributed by atoms with Crippen LogP contribution in [0.2, 0.25) is 5.02 Å². The Bertz CT molecular complexity index is 774. The fraction of sp³-hybridized carbons (Fsp3) is 0.182. The summed E-state index contributed by atoms with van der Waals surface area (Å²) in [6.45, 7) is 3.55. The summed E-state index contributed by atoms with van der Waals surface area (Å²) in [5.41, 5.74) is 3.64. The van der Waals surface area contributed by atoms with Crippen molar-refractivity contribution < 1.29 is 4.74 Å². The van der Waals surface area contributed by atoms with Crippen molar-refractivity contribution >= 4 is 24.0 Å². The fourth-order valence-electron chi connectivity index (χ4n) is 2.58. The molecule has 0 aliphatic carbocycles. The highest BCUT2D eigenvalue weighted by Crippen LogP contribution is 2.17. The van der Waals surface area contributed by atoms with Gasteiger partial charge in [0, 0.05) is 17.6 Å². The highest BCUT2D eigenvalue weighted by atomic mass is 35.5. The highest BCUT2D eigenvalue weighted by molar-refractivity contribution is 6.30. The monoisotopic (exact) mass is 387 g/mol. The molecule has 0 amide bonds. The molecule has 0 aliphatic rings. The van der Waals surface area contributed by atoms with Gasteiger partial charge in [-0.3, -0.25) is 0 Å². The molecule has 26 heavy (non-hydrogen) atoms. The summed E-state index contributed by atoms with van der Waals surface area (Å²) in [4.78, 5) is 0. The first-order valence-corrected chi connectivity index (χ1v) is 8.83. The molecule has 3 aromatic carbocycles. The molecule has 0 fully saturated rings. The minimum Gasteiger partial charge on any atom is -0.489 e. The average molecular weight is 388 g/mol. The number of hydrogen-bond acceptors (Lipinski definition) is 2. The van der Waals surface area contributed by atoms with Crippen molar-refractivity contribution in [2.75, 3.05) is 0 Å². The van der Waals surface area contributed by atoms with Gasteiger partial charge in [0.2, 0.25) is 0 Å². The predicted molar refractivity (Wildman–Crippen MR) is 111 cm³/mol. The molecule has 0 bridgehead atoms. The first-order chi connectivity index (χ1) is 12.2. The predicted octanol–water partition coefficient (Wildman–Crippen LogP) is 6.19. The lowest BCUT2D eigenvalue weighted by atomic mass is 10.1. The molecule has 0 aromatic heterocycles. The zero-order valence-electron chi connectivity index (χ0n) is 14.7. The van der Waals surface area contributed by atoms with Gasteiger partial charge in [0.25, 0.3) is 0 Å². The van der Waals surface area contributed by atoms with Crippen LogP contribution < -0.4 is 10.1 Å². The molecule has 1 N–H and O–H groups in total. The molecule has 1 atom stereocenters. The van der Waals surface area contributed by atoms with Crippen molar-refractivity contribution in [3.05, 3.63) is 101 Å². The molecule has 1 unspecified atom stereocenters. The van der Waals surface area contributed by atoms with Gasteiger partial charge in [-0.05, 0) is 47.9 Å². The van der Waals surface area contributed by atoms with Crippen LogP contribution in [0.25, 0.3) is 0 Å². The fourth-order valence-corrected chi connectivity index (χ4v) is 2.71. The quantitative estimate of drug-likeness (QED) is 0.521. The van der Waals surface area contributed by atoms with Crippen molar-refractivity contribution in [1.29, 1.82) is 0 Å². The van der Waals surface area contributed by atoms with Crippen LogP contribution in [0.15, 0.2) is 78.9 Å². The van der Waals surface area contributed by atoms with E-state index in [1.165, 1.54) is 11.1 Å². The van der Waals surface area contributed by atoms with Gasteiger partial charge >= 0.3 is 0 Å². The summed E-state index contributed by atoms with van der Waals surface area (Å²) in [5, 5.41) is 4.29. The van der Waals surface area contributed by atoms with Crippen LogP contribution in [-0.4, -0.2) is 0 Å². The van der Waals surface area contributed by atoms with Gasteiger partial charge < -0.3 is 10.1 Å². The average Bonchev–Trinajstić information content (AvgIpc) is 2.67. The maximum Gasteiger partial charge on any atom is 0.119 e. The lowest BCUT2D eigenvalue weighted by molar-refractivity contribution is 0.306. The Morgan fingerprint density at radius 3 is 2.12 bits per heavy atom. The number of ether oxygens (including phenoxy) is 1. The Morgan fingerprint density at radius 1 is 0.846 bits per heavy atom. The number of rotatable bonds is 7. The molecular weight excluding hydrogens is 365 g/mol. The molecular formula is C22H23Cl2NO. The van der Waals surface area contributed by atoms with Crippen LogP contribution in [0.5, 0.6) is 5.75 Å². The minimum absolute atomic E-state index is 0. The first-order valence-electron chi connectivity index (χ1n) is 8.45. The Balaban J connectivity index is 0.00000243. The van der Waals surface area contributed by atoms with E-state index in [0.717, 1.165) is 22.9 Å². The molecule has 3 aromatic rings. The van der Waals surface area contributed by atoms with Crippen molar-refractivity contribution in [1.82, 2.24) is 5.32 Å². The van der Waals surface area contributed by atoms with Crippen LogP contribution in [0.3, 0.4) is 0 Å². The summed E-state index contributed by atoms with van der Waals surface area (Å²) in [7, 11) is 0. The summed E-state index contributed by atoms with van der Waals surface area (Å²) in [5.74, 6) is 0.870. The molecule has 0 saturated heterocycles. The van der Waals surface area contributed by atoms with Crippen LogP contribution in [0.4, 0.5) is 0 Å². The second kappa shape index (κ2) is 10.2. The SMILES string of the molecule is CC(NCc1ccc(OCc2ccc(Cl)cc2)cc1)c1ccccc1.Cl. The number of hydrogen-bond donors (Lipinski definition) is 1. The van der Waals surface area contributed by atoms with Gasteiger partial charge in [0.05, 0.1) is 0 Å². The molecule has 4 heteroatoms. The normalized spacial score (nSPS) is 11.5. The van der Waals surface area contributed by atoms with Crippen molar-refractivity contribution in [3.63, 3.8) is 0 Å². The van der Waals surface area contributed by atoms with Crippen molar-refractivity contribution in [3.8, 4) is 5.75 Å². The van der Waals surface area contributed by atoms with E-state index in [2.05, 4.69) is 48.6 Å². The van der Waals surface area contributed by atoms with E-state index < -0.39 is 0 Å². The zero-order valence-corrected chi connectivity index (χ0v) is 16.3. The van der Waals surface area contributed by atoms with Crippen LogP contribution in [0.1, 0.15) is 29.7 Å². The molecule has 0 heterocycles. The minimum atomic E-state index is 0. The third kappa shape index (κ3) is 6.06. The van der Waals surface area contributed by atoms with Gasteiger partial charge in [-0.15, -0.1) is 12.4 Å². The number of nitrogens with one attached hydrogen (secondary N) is 1. The Morgan fingerprint density at radius 2 is 1.46 bits per heavy atom. The molecule has 0 aliphatic heterocycles. The van der Waals surface area contributed by atoms with Crippen LogP contribution >= 0.6 is 24.0 Å². The second-order valence-corrected chi connectivity index (χ2v) is 6.51. The lowest BCUT2D eigenvalue weighted by Gasteiger charge is -2.14. The van der Waals surface area contributed by atoms with Crippen LogP contribution in [-0.2, 0) is 13.2 Å². The summed E-state index contributed by atoms with van der Waals surface area (Å²) in [6.07, 6.45) is 0. The van der Waals surface area contributed by atoms with Crippen molar-refractivity contribution in [2.24, 2.45) is 0 Å². The molecule has 0 spiro atoms. The first kappa shape index (κ1) is 20.3. The zero-order chi connectivity index (χ0) is 17.5. The summed E-state index contributed by atoms with van der Waals surface area (Å²) in [6, 6.07) is 26.7. The van der Waals surface area contributed by atoms with Crippen LogP contribution in [0, 0.1) is 0 Å². The Kier molecular flexibility index (Phi) is 7.99. The van der Waals surface area contributed by atoms with E-state index in [9.17, 15) is 0 Å². The van der Waals surface area contributed by atoms with E-state index in [-0.39, 0.29) is 12.4 Å². The highest BCUT2D eigenvalue weighted by Gasteiger charge is 2.04. The Hall–Kier alpha value is -2.00. The van der Waals surface area contributed by atoms with E-state index in [4.69, 9.17) is 16.3 Å². The van der Waals surface area contributed by atoms with Gasteiger partial charge in [0.15, 0.2) is 0 Å². The van der Waals surface area contributed by atoms with Gasteiger partial charge in [-0.25, -0.2) is 0 Å². The lowest BCUT2D eigenvalue weighted by Crippen LogP contribution is -2.17. The number of benzene rings is 3. The maximum atomic E-state index is 5.89. The molecule has 0 saturated carbocycles.